The van der Waals surface area contributed by atoms with Gasteiger partial charge in [-0.1, -0.05) is 52.3 Å². The molecule has 29 heavy (non-hydrogen) atoms. The van der Waals surface area contributed by atoms with E-state index in [0.29, 0.717) is 0 Å². The molecule has 2 aromatic heterocycles. The number of aromatic nitrogens is 2. The molecule has 3 aromatic carbocycles. The zero-order valence-electron chi connectivity index (χ0n) is 15.3. The number of para-hydroxylation sites is 3. The molecule has 0 saturated carbocycles. The Hall–Kier alpha value is -3.31. The Kier molecular flexibility index (Phi) is 3.64. The van der Waals surface area contributed by atoms with E-state index in [1.54, 1.807) is 0 Å². The molecule has 0 fully saturated rings. The third-order valence-electron chi connectivity index (χ3n) is 5.34. The molecular weight excluding hydrogens is 426 g/mol. The molecule has 0 bridgehead atoms. The van der Waals surface area contributed by atoms with Crippen LogP contribution >= 0.6 is 15.9 Å². The highest BCUT2D eigenvalue weighted by molar-refractivity contribution is 9.10. The molecule has 3 heterocycles. The van der Waals surface area contributed by atoms with E-state index in [9.17, 15) is 0 Å². The first-order valence-corrected chi connectivity index (χ1v) is 10.3. The fourth-order valence-corrected chi connectivity index (χ4v) is 4.24. The van der Waals surface area contributed by atoms with Gasteiger partial charge in [0.1, 0.15) is 17.3 Å². The molecule has 0 spiro atoms. The topological polar surface area (TPSA) is 43.0 Å². The molecule has 0 amide bonds. The number of furan rings is 1. The predicted molar refractivity (Wildman–Crippen MR) is 119 cm³/mol. The first kappa shape index (κ1) is 16.6. The van der Waals surface area contributed by atoms with Crippen LogP contribution in [0.2, 0.25) is 0 Å². The van der Waals surface area contributed by atoms with Crippen molar-refractivity contribution in [1.82, 2.24) is 9.55 Å². The summed E-state index contributed by atoms with van der Waals surface area (Å²) in [5.74, 6) is 2.65. The summed E-state index contributed by atoms with van der Waals surface area (Å²) in [5.41, 5.74) is 5.26. The number of benzene rings is 3. The number of rotatable bonds is 2. The Balaban J connectivity index is 1.52. The predicted octanol–water partition coefficient (Wildman–Crippen LogP) is 6.70. The summed E-state index contributed by atoms with van der Waals surface area (Å²) in [6, 6.07) is 28.7. The monoisotopic (exact) mass is 441 g/mol. The molecule has 5 aromatic rings. The number of hydrogen-bond donors (Lipinski definition) is 1. The number of halogens is 1. The van der Waals surface area contributed by atoms with E-state index in [1.165, 1.54) is 0 Å². The van der Waals surface area contributed by atoms with Crippen LogP contribution in [0.4, 0.5) is 5.69 Å². The summed E-state index contributed by atoms with van der Waals surface area (Å²) >= 11 is 3.49. The maximum absolute atomic E-state index is 6.31. The first-order chi connectivity index (χ1) is 14.3. The third-order valence-corrected chi connectivity index (χ3v) is 5.87. The Morgan fingerprint density at radius 2 is 1.66 bits per heavy atom. The van der Waals surface area contributed by atoms with Crippen LogP contribution in [0.3, 0.4) is 0 Å². The Labute approximate surface area is 175 Å². The summed E-state index contributed by atoms with van der Waals surface area (Å²) in [7, 11) is 0. The van der Waals surface area contributed by atoms with Crippen molar-refractivity contribution in [3.8, 4) is 22.7 Å². The lowest BCUT2D eigenvalue weighted by atomic mass is 10.1. The zero-order valence-corrected chi connectivity index (χ0v) is 16.9. The minimum absolute atomic E-state index is 0.170. The number of nitrogens with zero attached hydrogens (tertiary/aromatic N) is 2. The zero-order chi connectivity index (χ0) is 19.4. The molecule has 1 aliphatic rings. The van der Waals surface area contributed by atoms with Crippen molar-refractivity contribution in [2.24, 2.45) is 0 Å². The second kappa shape index (κ2) is 6.36. The smallest absolute Gasteiger partial charge is 0.165 e. The van der Waals surface area contributed by atoms with Crippen molar-refractivity contribution in [3.63, 3.8) is 0 Å². The summed E-state index contributed by atoms with van der Waals surface area (Å²) in [5, 5.41) is 3.64. The normalized spacial score (nSPS) is 15.0. The van der Waals surface area contributed by atoms with Gasteiger partial charge in [0.15, 0.2) is 6.17 Å². The average Bonchev–Trinajstić information content (AvgIpc) is 3.39. The molecule has 140 valence electrons. The standard InChI is InChI=1S/C24H16BrN3O/c25-16-11-9-15(10-12-16)21-13-14-22(29-21)24-26-18-6-2-1-5-17(18)23-27-19-7-3-4-8-20(19)28(23)24/h1-14,24,26H/t24-/m1/s1. The molecule has 5 heteroatoms. The van der Waals surface area contributed by atoms with E-state index in [4.69, 9.17) is 9.40 Å². The van der Waals surface area contributed by atoms with Gasteiger partial charge >= 0.3 is 0 Å². The minimum atomic E-state index is -0.170. The van der Waals surface area contributed by atoms with Crippen LogP contribution in [0.25, 0.3) is 33.7 Å². The highest BCUT2D eigenvalue weighted by Gasteiger charge is 2.30. The van der Waals surface area contributed by atoms with E-state index in [1.807, 2.05) is 60.7 Å². The second-order valence-corrected chi connectivity index (χ2v) is 8.01. The molecule has 0 aliphatic carbocycles. The highest BCUT2D eigenvalue weighted by atomic mass is 79.9. The fourth-order valence-electron chi connectivity index (χ4n) is 3.98. The third kappa shape index (κ3) is 2.62. The Bertz CT molecular complexity index is 1350. The van der Waals surface area contributed by atoms with Crippen LogP contribution < -0.4 is 5.32 Å². The van der Waals surface area contributed by atoms with E-state index in [-0.39, 0.29) is 6.17 Å². The summed E-state index contributed by atoms with van der Waals surface area (Å²) < 4.78 is 9.59. The second-order valence-electron chi connectivity index (χ2n) is 7.10. The van der Waals surface area contributed by atoms with Crippen LogP contribution in [0.1, 0.15) is 11.9 Å². The van der Waals surface area contributed by atoms with Gasteiger partial charge in [-0.25, -0.2) is 4.98 Å². The van der Waals surface area contributed by atoms with Crippen LogP contribution in [0.5, 0.6) is 0 Å². The highest BCUT2D eigenvalue weighted by Crippen LogP contribution is 2.41. The molecule has 1 N–H and O–H groups in total. The van der Waals surface area contributed by atoms with Crippen LogP contribution in [-0.4, -0.2) is 9.55 Å². The van der Waals surface area contributed by atoms with Crippen molar-refractivity contribution in [3.05, 3.63) is 95.2 Å². The molecule has 4 nitrogen and oxygen atoms in total. The summed E-state index contributed by atoms with van der Waals surface area (Å²) in [4.78, 5) is 4.92. The number of fused-ring (bicyclic) bond motifs is 5. The lowest BCUT2D eigenvalue weighted by Gasteiger charge is -2.28. The molecular formula is C24H16BrN3O. The van der Waals surface area contributed by atoms with Crippen molar-refractivity contribution < 1.29 is 4.42 Å². The molecule has 1 aliphatic heterocycles. The number of nitrogens with one attached hydrogen (secondary N) is 1. The van der Waals surface area contributed by atoms with Gasteiger partial charge in [0, 0.05) is 21.3 Å². The fraction of sp³-hybridized carbons (Fsp3) is 0.0417. The van der Waals surface area contributed by atoms with Gasteiger partial charge in [0.05, 0.1) is 11.0 Å². The summed E-state index contributed by atoms with van der Waals surface area (Å²) in [6.07, 6.45) is -0.170. The minimum Gasteiger partial charge on any atom is -0.457 e. The molecule has 0 unspecified atom stereocenters. The number of hydrogen-bond acceptors (Lipinski definition) is 3. The van der Waals surface area contributed by atoms with Crippen LogP contribution in [0, 0.1) is 0 Å². The van der Waals surface area contributed by atoms with E-state index in [2.05, 4.69) is 50.1 Å². The van der Waals surface area contributed by atoms with E-state index >= 15 is 0 Å². The van der Waals surface area contributed by atoms with Crippen LogP contribution in [0.15, 0.2) is 93.8 Å². The van der Waals surface area contributed by atoms with Gasteiger partial charge in [-0.2, -0.15) is 0 Å². The maximum Gasteiger partial charge on any atom is 0.165 e. The van der Waals surface area contributed by atoms with E-state index < -0.39 is 0 Å². The molecule has 0 saturated heterocycles. The summed E-state index contributed by atoms with van der Waals surface area (Å²) in [6.45, 7) is 0. The molecule has 6 rings (SSSR count). The van der Waals surface area contributed by atoms with Gasteiger partial charge in [0.2, 0.25) is 0 Å². The first-order valence-electron chi connectivity index (χ1n) is 9.46. The maximum atomic E-state index is 6.31. The average molecular weight is 442 g/mol. The van der Waals surface area contributed by atoms with Crippen LogP contribution in [-0.2, 0) is 0 Å². The van der Waals surface area contributed by atoms with Gasteiger partial charge in [-0.05, 0) is 48.5 Å². The molecule has 0 radical (unpaired) electrons. The van der Waals surface area contributed by atoms with E-state index in [0.717, 1.165) is 49.7 Å². The van der Waals surface area contributed by atoms with Crippen molar-refractivity contribution >= 4 is 32.7 Å². The lowest BCUT2D eigenvalue weighted by molar-refractivity contribution is 0.465. The number of anilines is 1. The largest absolute Gasteiger partial charge is 0.457 e. The Morgan fingerprint density at radius 1 is 0.862 bits per heavy atom. The van der Waals surface area contributed by atoms with Crippen molar-refractivity contribution in [2.45, 2.75) is 6.17 Å². The quantitative estimate of drug-likeness (QED) is 0.331. The van der Waals surface area contributed by atoms with Gasteiger partial charge in [0.25, 0.3) is 0 Å². The number of imidazole rings is 1. The van der Waals surface area contributed by atoms with Crippen molar-refractivity contribution in [2.75, 3.05) is 5.32 Å². The van der Waals surface area contributed by atoms with Gasteiger partial charge < -0.3 is 9.73 Å². The van der Waals surface area contributed by atoms with Crippen molar-refractivity contribution in [1.29, 1.82) is 0 Å². The van der Waals surface area contributed by atoms with Gasteiger partial charge in [-0.3, -0.25) is 4.57 Å². The SMILES string of the molecule is Brc1ccc(-c2ccc([C@@H]3Nc4ccccc4-c4nc5ccccc5n43)o2)cc1. The lowest BCUT2D eigenvalue weighted by Crippen LogP contribution is -2.24. The Morgan fingerprint density at radius 3 is 2.55 bits per heavy atom. The van der Waals surface area contributed by atoms with Gasteiger partial charge in [-0.15, -0.1) is 0 Å². The molecule has 1 atom stereocenters.